The lowest BCUT2D eigenvalue weighted by Gasteiger charge is -2.05. The number of amides is 1. The number of hydrogen-bond donors (Lipinski definition) is 1. The number of ether oxygens (including phenoxy) is 1. The van der Waals surface area contributed by atoms with Crippen molar-refractivity contribution in [2.75, 3.05) is 11.9 Å². The Morgan fingerprint density at radius 3 is 2.87 bits per heavy atom. The lowest BCUT2D eigenvalue weighted by Crippen LogP contribution is -2.20. The number of carbonyl (C=O) groups excluding carboxylic acids is 1. The fourth-order valence-electron chi connectivity index (χ4n) is 3.42. The molecule has 7 nitrogen and oxygen atoms in total. The summed E-state index contributed by atoms with van der Waals surface area (Å²) in [6.07, 6.45) is 2.42. The number of carbonyl (C=O) groups is 1. The predicted octanol–water partition coefficient (Wildman–Crippen LogP) is 4.61. The molecular weight excluding hydrogens is 434 g/mol. The minimum atomic E-state index is -0.300. The van der Waals surface area contributed by atoms with Gasteiger partial charge in [-0.3, -0.25) is 10.1 Å². The third kappa shape index (κ3) is 4.55. The van der Waals surface area contributed by atoms with Crippen LogP contribution >= 0.6 is 22.9 Å². The highest BCUT2D eigenvalue weighted by Gasteiger charge is 2.16. The van der Waals surface area contributed by atoms with E-state index in [-0.39, 0.29) is 12.5 Å². The van der Waals surface area contributed by atoms with E-state index in [1.165, 1.54) is 11.3 Å². The van der Waals surface area contributed by atoms with E-state index in [1.54, 1.807) is 17.9 Å². The molecule has 4 rings (SSSR count). The second-order valence-corrected chi connectivity index (χ2v) is 8.89. The highest BCUT2D eigenvalue weighted by Crippen LogP contribution is 2.28. The monoisotopic (exact) mass is 455 g/mol. The van der Waals surface area contributed by atoms with Gasteiger partial charge in [0.2, 0.25) is 5.88 Å². The molecule has 0 atom stereocenters. The SMILES string of the molecule is Cc1cc(C)c2c(OCC(=O)Nc3ncc(Cc4cccc(C)c4Cl)s3)nn(C)c2n1. The molecule has 0 saturated heterocycles. The van der Waals surface area contributed by atoms with Crippen molar-refractivity contribution < 1.29 is 9.53 Å². The summed E-state index contributed by atoms with van der Waals surface area (Å²) in [7, 11) is 1.80. The van der Waals surface area contributed by atoms with Crippen molar-refractivity contribution in [2.45, 2.75) is 27.2 Å². The molecule has 31 heavy (non-hydrogen) atoms. The van der Waals surface area contributed by atoms with Gasteiger partial charge in [-0.2, -0.15) is 0 Å². The van der Waals surface area contributed by atoms with Gasteiger partial charge in [-0.25, -0.2) is 14.6 Å². The third-order valence-corrected chi connectivity index (χ3v) is 6.32. The fraction of sp³-hybridized carbons (Fsp3) is 0.273. The van der Waals surface area contributed by atoms with Crippen LogP contribution in [0.4, 0.5) is 5.13 Å². The van der Waals surface area contributed by atoms with Gasteiger partial charge in [-0.05, 0) is 43.5 Å². The number of aromatic nitrogens is 4. The van der Waals surface area contributed by atoms with Crippen LogP contribution in [0.2, 0.25) is 5.02 Å². The molecule has 0 saturated carbocycles. The predicted molar refractivity (Wildman–Crippen MR) is 123 cm³/mol. The van der Waals surface area contributed by atoms with E-state index in [0.717, 1.165) is 43.3 Å². The molecule has 0 spiro atoms. The maximum Gasteiger partial charge on any atom is 0.264 e. The molecule has 0 bridgehead atoms. The summed E-state index contributed by atoms with van der Waals surface area (Å²) >= 11 is 7.80. The summed E-state index contributed by atoms with van der Waals surface area (Å²) < 4.78 is 7.36. The van der Waals surface area contributed by atoms with Crippen LogP contribution in [0.3, 0.4) is 0 Å². The number of anilines is 1. The van der Waals surface area contributed by atoms with Gasteiger partial charge in [0.15, 0.2) is 17.4 Å². The van der Waals surface area contributed by atoms with Gasteiger partial charge in [-0.1, -0.05) is 29.8 Å². The molecular formula is C22H22ClN5O2S. The van der Waals surface area contributed by atoms with E-state index in [1.807, 2.05) is 45.0 Å². The van der Waals surface area contributed by atoms with Crippen molar-refractivity contribution in [1.29, 1.82) is 0 Å². The molecule has 3 heterocycles. The van der Waals surface area contributed by atoms with Crippen LogP contribution in [0.15, 0.2) is 30.5 Å². The number of thiazole rings is 1. The zero-order valence-corrected chi connectivity index (χ0v) is 19.3. The Labute approximate surface area is 189 Å². The summed E-state index contributed by atoms with van der Waals surface area (Å²) in [4.78, 5) is 22.2. The van der Waals surface area contributed by atoms with Crippen LogP contribution in [-0.4, -0.2) is 32.3 Å². The molecule has 1 N–H and O–H groups in total. The van der Waals surface area contributed by atoms with Crippen molar-refractivity contribution in [2.24, 2.45) is 7.05 Å². The van der Waals surface area contributed by atoms with Crippen molar-refractivity contribution >= 4 is 45.0 Å². The summed E-state index contributed by atoms with van der Waals surface area (Å²) in [5, 5.41) is 9.24. The van der Waals surface area contributed by atoms with Crippen LogP contribution in [0.5, 0.6) is 5.88 Å². The topological polar surface area (TPSA) is 81.9 Å². The molecule has 0 aliphatic carbocycles. The number of pyridine rings is 1. The van der Waals surface area contributed by atoms with E-state index >= 15 is 0 Å². The minimum absolute atomic E-state index is 0.169. The Bertz CT molecular complexity index is 1280. The average molecular weight is 456 g/mol. The lowest BCUT2D eigenvalue weighted by molar-refractivity contribution is -0.118. The summed E-state index contributed by atoms with van der Waals surface area (Å²) in [6, 6.07) is 7.93. The molecule has 9 heteroatoms. The second kappa shape index (κ2) is 8.64. The van der Waals surface area contributed by atoms with Crippen LogP contribution < -0.4 is 10.1 Å². The second-order valence-electron chi connectivity index (χ2n) is 7.40. The van der Waals surface area contributed by atoms with Crippen molar-refractivity contribution in [3.8, 4) is 5.88 Å². The zero-order chi connectivity index (χ0) is 22.1. The molecule has 0 fully saturated rings. The van der Waals surface area contributed by atoms with Gasteiger partial charge in [0.05, 0.1) is 5.39 Å². The molecule has 0 aliphatic rings. The van der Waals surface area contributed by atoms with Crippen molar-refractivity contribution in [3.63, 3.8) is 0 Å². The number of halogens is 1. The molecule has 1 amide bonds. The first-order valence-electron chi connectivity index (χ1n) is 9.74. The molecule has 4 aromatic rings. The Morgan fingerprint density at radius 1 is 1.26 bits per heavy atom. The first-order valence-corrected chi connectivity index (χ1v) is 10.9. The smallest absolute Gasteiger partial charge is 0.264 e. The normalized spacial score (nSPS) is 11.1. The quantitative estimate of drug-likeness (QED) is 0.459. The number of fused-ring (bicyclic) bond motifs is 1. The fourth-order valence-corrected chi connectivity index (χ4v) is 4.46. The van der Waals surface area contributed by atoms with Gasteiger partial charge in [0.25, 0.3) is 5.91 Å². The van der Waals surface area contributed by atoms with Crippen molar-refractivity contribution in [3.05, 3.63) is 62.7 Å². The summed E-state index contributed by atoms with van der Waals surface area (Å²) in [5.74, 6) is 0.0950. The maximum atomic E-state index is 12.4. The Balaban J connectivity index is 1.40. The van der Waals surface area contributed by atoms with E-state index in [9.17, 15) is 4.79 Å². The number of hydrogen-bond acceptors (Lipinski definition) is 6. The minimum Gasteiger partial charge on any atom is -0.466 e. The zero-order valence-electron chi connectivity index (χ0n) is 17.7. The number of nitrogens with zero attached hydrogens (tertiary/aromatic N) is 4. The first kappa shape index (κ1) is 21.3. The van der Waals surface area contributed by atoms with Crippen molar-refractivity contribution in [1.82, 2.24) is 19.7 Å². The molecule has 3 aromatic heterocycles. The highest BCUT2D eigenvalue weighted by atomic mass is 35.5. The highest BCUT2D eigenvalue weighted by molar-refractivity contribution is 7.15. The first-order chi connectivity index (χ1) is 14.8. The van der Waals surface area contributed by atoms with Gasteiger partial charge >= 0.3 is 0 Å². The molecule has 0 aliphatic heterocycles. The standard InChI is InChI=1S/C22H22ClN5O2S/c1-12-6-5-7-15(19(12)23)9-16-10-24-22(31-16)26-17(29)11-30-21-18-13(2)8-14(3)25-20(18)28(4)27-21/h5-8,10H,9,11H2,1-4H3,(H,24,26,29). The number of aryl methyl sites for hydroxylation is 4. The van der Waals surface area contributed by atoms with Gasteiger partial charge in [0.1, 0.15) is 0 Å². The van der Waals surface area contributed by atoms with E-state index in [0.29, 0.717) is 17.4 Å². The number of rotatable bonds is 6. The van der Waals surface area contributed by atoms with Gasteiger partial charge in [-0.15, -0.1) is 16.4 Å². The number of benzene rings is 1. The molecule has 160 valence electrons. The Kier molecular flexibility index (Phi) is 5.93. The van der Waals surface area contributed by atoms with E-state index < -0.39 is 0 Å². The maximum absolute atomic E-state index is 12.4. The van der Waals surface area contributed by atoms with Crippen LogP contribution in [0.1, 0.15) is 27.3 Å². The largest absolute Gasteiger partial charge is 0.466 e. The van der Waals surface area contributed by atoms with Crippen LogP contribution in [-0.2, 0) is 18.3 Å². The average Bonchev–Trinajstić information content (AvgIpc) is 3.28. The third-order valence-electron chi connectivity index (χ3n) is 4.86. The van der Waals surface area contributed by atoms with Gasteiger partial charge in [0, 0.05) is 35.3 Å². The van der Waals surface area contributed by atoms with Crippen LogP contribution in [0.25, 0.3) is 11.0 Å². The summed E-state index contributed by atoms with van der Waals surface area (Å²) in [6.45, 7) is 5.72. The van der Waals surface area contributed by atoms with Gasteiger partial charge < -0.3 is 4.74 Å². The molecule has 0 unspecified atom stereocenters. The number of nitrogens with one attached hydrogen (secondary N) is 1. The van der Waals surface area contributed by atoms with E-state index in [4.69, 9.17) is 16.3 Å². The van der Waals surface area contributed by atoms with Crippen LogP contribution in [0, 0.1) is 20.8 Å². The Hall–Kier alpha value is -2.97. The lowest BCUT2D eigenvalue weighted by atomic mass is 10.1. The summed E-state index contributed by atoms with van der Waals surface area (Å²) in [5.41, 5.74) is 4.71. The molecule has 1 aromatic carbocycles. The Morgan fingerprint density at radius 2 is 2.06 bits per heavy atom. The van der Waals surface area contributed by atoms with E-state index in [2.05, 4.69) is 20.4 Å². The molecule has 0 radical (unpaired) electrons.